The zero-order chi connectivity index (χ0) is 19.0. The molecule has 2 heterocycles. The number of hydrogen-bond acceptors (Lipinski definition) is 3. The van der Waals surface area contributed by atoms with E-state index in [-0.39, 0.29) is 5.43 Å². The van der Waals surface area contributed by atoms with Gasteiger partial charge >= 0.3 is 0 Å². The van der Waals surface area contributed by atoms with Crippen LogP contribution in [0, 0.1) is 13.8 Å². The lowest BCUT2D eigenvalue weighted by Gasteiger charge is -2.19. The van der Waals surface area contributed by atoms with Crippen molar-refractivity contribution in [1.29, 1.82) is 0 Å². The van der Waals surface area contributed by atoms with E-state index >= 15 is 0 Å². The molecule has 0 saturated carbocycles. The lowest BCUT2D eigenvalue weighted by Crippen LogP contribution is -2.15. The minimum Gasteiger partial charge on any atom is -0.341 e. The second-order valence-electron chi connectivity index (χ2n) is 6.39. The Bertz CT molecular complexity index is 1190. The third-order valence-corrected chi connectivity index (χ3v) is 5.10. The van der Waals surface area contributed by atoms with Crippen LogP contribution in [0.15, 0.2) is 71.5 Å². The van der Waals surface area contributed by atoms with E-state index in [0.29, 0.717) is 27.6 Å². The summed E-state index contributed by atoms with van der Waals surface area (Å²) in [4.78, 5) is 17.6. The molecule has 4 aromatic rings. The van der Waals surface area contributed by atoms with Crippen LogP contribution in [-0.2, 0) is 0 Å². The summed E-state index contributed by atoms with van der Waals surface area (Å²) in [5.41, 5.74) is 3.73. The zero-order valence-electron chi connectivity index (χ0n) is 15.0. The van der Waals surface area contributed by atoms with Crippen molar-refractivity contribution in [3.05, 3.63) is 93.2 Å². The molecule has 4 nitrogen and oxygen atoms in total. The van der Waals surface area contributed by atoms with Crippen molar-refractivity contribution < 1.29 is 0 Å². The van der Waals surface area contributed by atoms with E-state index in [1.807, 2.05) is 79.1 Å². The number of fused-ring (bicyclic) bond motifs is 1. The molecule has 0 saturated heterocycles. The number of aromatic nitrogens is 2. The molecule has 0 aliphatic carbocycles. The Morgan fingerprint density at radius 3 is 2.26 bits per heavy atom. The highest BCUT2D eigenvalue weighted by Crippen LogP contribution is 2.29. The van der Waals surface area contributed by atoms with E-state index in [9.17, 15) is 4.79 Å². The summed E-state index contributed by atoms with van der Waals surface area (Å²) < 4.78 is 1.96. The standard InChI is InChI=1S/C22H18ClN3O/c1-14-20-18(27)13-19(25-16-9-5-3-6-10-16)26(17-11-7-4-8-12-17)22(20)24-15(2)21(14)23/h3-13,25H,1-2H3. The van der Waals surface area contributed by atoms with Crippen LogP contribution in [0.25, 0.3) is 16.7 Å². The number of rotatable bonds is 3. The Morgan fingerprint density at radius 1 is 0.963 bits per heavy atom. The normalized spacial score (nSPS) is 10.9. The van der Waals surface area contributed by atoms with Gasteiger partial charge in [-0.2, -0.15) is 0 Å². The molecule has 4 rings (SSSR count). The largest absolute Gasteiger partial charge is 0.341 e. The summed E-state index contributed by atoms with van der Waals surface area (Å²) in [6, 6.07) is 21.2. The SMILES string of the molecule is Cc1nc2c(c(C)c1Cl)c(=O)cc(Nc1ccccc1)n2-c1ccccc1. The Morgan fingerprint density at radius 2 is 1.59 bits per heavy atom. The van der Waals surface area contributed by atoms with Crippen LogP contribution in [0.2, 0.25) is 5.02 Å². The molecule has 0 unspecified atom stereocenters. The summed E-state index contributed by atoms with van der Waals surface area (Å²) in [6.45, 7) is 3.71. The molecule has 0 aliphatic heterocycles. The topological polar surface area (TPSA) is 46.9 Å². The highest BCUT2D eigenvalue weighted by Gasteiger charge is 2.17. The first-order valence-electron chi connectivity index (χ1n) is 8.66. The van der Waals surface area contributed by atoms with Crippen LogP contribution in [0.4, 0.5) is 11.5 Å². The number of pyridine rings is 2. The number of nitrogens with one attached hydrogen (secondary N) is 1. The Balaban J connectivity index is 2.09. The highest BCUT2D eigenvalue weighted by atomic mass is 35.5. The van der Waals surface area contributed by atoms with Crippen LogP contribution in [0.1, 0.15) is 11.3 Å². The fourth-order valence-corrected chi connectivity index (χ4v) is 3.38. The molecule has 134 valence electrons. The van der Waals surface area contributed by atoms with Gasteiger partial charge in [0.25, 0.3) is 0 Å². The second kappa shape index (κ2) is 6.89. The van der Waals surface area contributed by atoms with Crippen LogP contribution >= 0.6 is 11.6 Å². The van der Waals surface area contributed by atoms with Crippen LogP contribution in [0.3, 0.4) is 0 Å². The van der Waals surface area contributed by atoms with Gasteiger partial charge in [0.1, 0.15) is 5.82 Å². The lowest BCUT2D eigenvalue weighted by atomic mass is 10.1. The molecule has 0 atom stereocenters. The number of nitrogens with zero attached hydrogens (tertiary/aromatic N) is 2. The quantitative estimate of drug-likeness (QED) is 0.521. The Labute approximate surface area is 162 Å². The van der Waals surface area contributed by atoms with Crippen molar-refractivity contribution in [3.8, 4) is 5.69 Å². The second-order valence-corrected chi connectivity index (χ2v) is 6.77. The van der Waals surface area contributed by atoms with Crippen LogP contribution in [-0.4, -0.2) is 9.55 Å². The zero-order valence-corrected chi connectivity index (χ0v) is 15.8. The smallest absolute Gasteiger partial charge is 0.193 e. The predicted molar refractivity (Wildman–Crippen MR) is 112 cm³/mol. The van der Waals surface area contributed by atoms with Crippen molar-refractivity contribution in [2.45, 2.75) is 13.8 Å². The molecular formula is C22H18ClN3O. The molecule has 2 aromatic carbocycles. The van der Waals surface area contributed by atoms with Gasteiger partial charge in [-0.1, -0.05) is 48.0 Å². The molecule has 0 radical (unpaired) electrons. The molecular weight excluding hydrogens is 358 g/mol. The first kappa shape index (κ1) is 17.3. The molecule has 1 N–H and O–H groups in total. The van der Waals surface area contributed by atoms with Gasteiger partial charge in [0.05, 0.1) is 16.1 Å². The van der Waals surface area contributed by atoms with E-state index in [4.69, 9.17) is 11.6 Å². The maximum atomic E-state index is 12.9. The minimum absolute atomic E-state index is 0.109. The summed E-state index contributed by atoms with van der Waals surface area (Å²) in [5.74, 6) is 0.651. The maximum absolute atomic E-state index is 12.9. The maximum Gasteiger partial charge on any atom is 0.193 e. The molecule has 0 bridgehead atoms. The van der Waals surface area contributed by atoms with E-state index < -0.39 is 0 Å². The van der Waals surface area contributed by atoms with Crippen molar-refractivity contribution in [3.63, 3.8) is 0 Å². The number of hydrogen-bond donors (Lipinski definition) is 1. The van der Waals surface area contributed by atoms with Gasteiger partial charge in [-0.3, -0.25) is 9.36 Å². The van der Waals surface area contributed by atoms with Crippen LogP contribution < -0.4 is 10.7 Å². The number of para-hydroxylation sites is 2. The van der Waals surface area contributed by atoms with Gasteiger partial charge in [0, 0.05) is 17.4 Å². The molecule has 0 aliphatic rings. The summed E-state index contributed by atoms with van der Waals surface area (Å²) >= 11 is 6.37. The van der Waals surface area contributed by atoms with E-state index in [2.05, 4.69) is 10.3 Å². The third-order valence-electron chi connectivity index (χ3n) is 4.55. The van der Waals surface area contributed by atoms with E-state index in [1.54, 1.807) is 6.07 Å². The Hall–Kier alpha value is -3.11. The molecule has 27 heavy (non-hydrogen) atoms. The third kappa shape index (κ3) is 3.09. The highest BCUT2D eigenvalue weighted by molar-refractivity contribution is 6.32. The van der Waals surface area contributed by atoms with Crippen LogP contribution in [0.5, 0.6) is 0 Å². The number of benzene rings is 2. The molecule has 0 fully saturated rings. The predicted octanol–water partition coefficient (Wildman–Crippen LogP) is 5.40. The van der Waals surface area contributed by atoms with E-state index in [0.717, 1.165) is 16.9 Å². The van der Waals surface area contributed by atoms with Gasteiger partial charge < -0.3 is 5.32 Å². The first-order valence-corrected chi connectivity index (χ1v) is 9.04. The summed E-state index contributed by atoms with van der Waals surface area (Å²) in [7, 11) is 0. The molecule has 0 spiro atoms. The van der Waals surface area contributed by atoms with Gasteiger partial charge in [-0.15, -0.1) is 0 Å². The number of halogens is 1. The lowest BCUT2D eigenvalue weighted by molar-refractivity contribution is 1.05. The van der Waals surface area contributed by atoms with Crippen molar-refractivity contribution >= 4 is 34.1 Å². The summed E-state index contributed by atoms with van der Waals surface area (Å²) in [5, 5.41) is 4.41. The van der Waals surface area contributed by atoms with Crippen molar-refractivity contribution in [2.24, 2.45) is 0 Å². The van der Waals surface area contributed by atoms with Crippen molar-refractivity contribution in [2.75, 3.05) is 5.32 Å². The summed E-state index contributed by atoms with van der Waals surface area (Å²) in [6.07, 6.45) is 0. The monoisotopic (exact) mass is 375 g/mol. The average molecular weight is 376 g/mol. The molecule has 0 amide bonds. The molecule has 2 aromatic heterocycles. The van der Waals surface area contributed by atoms with Gasteiger partial charge in [0.15, 0.2) is 11.1 Å². The van der Waals surface area contributed by atoms with Gasteiger partial charge in [-0.25, -0.2) is 4.98 Å². The fourth-order valence-electron chi connectivity index (χ4n) is 3.24. The Kier molecular flexibility index (Phi) is 4.42. The van der Waals surface area contributed by atoms with E-state index in [1.165, 1.54) is 0 Å². The van der Waals surface area contributed by atoms with Crippen molar-refractivity contribution in [1.82, 2.24) is 9.55 Å². The molecule has 5 heteroatoms. The van der Waals surface area contributed by atoms with Gasteiger partial charge in [0.2, 0.25) is 0 Å². The number of anilines is 2. The average Bonchev–Trinajstić information content (AvgIpc) is 2.67. The minimum atomic E-state index is -0.109. The van der Waals surface area contributed by atoms with Gasteiger partial charge in [-0.05, 0) is 43.7 Å². The fraction of sp³-hybridized carbons (Fsp3) is 0.0909. The number of aryl methyl sites for hydroxylation is 2. The first-order chi connectivity index (χ1) is 13.1.